The fourth-order valence-corrected chi connectivity index (χ4v) is 2.92. The Balaban J connectivity index is 0.00000312. The van der Waals surface area contributed by atoms with E-state index < -0.39 is 6.10 Å². The summed E-state index contributed by atoms with van der Waals surface area (Å²) >= 11 is 12.1. The maximum Gasteiger partial charge on any atom is 0.189 e. The van der Waals surface area contributed by atoms with Crippen LogP contribution in [0.25, 0.3) is 0 Å². The van der Waals surface area contributed by atoms with Gasteiger partial charge in [0.25, 0.3) is 0 Å². The van der Waals surface area contributed by atoms with E-state index in [-0.39, 0.29) is 42.5 Å². The molecule has 7 heteroatoms. The Hall–Kier alpha value is -1.02. The normalized spacial score (nSPS) is 13.7. The predicted octanol–water partition coefficient (Wildman–Crippen LogP) is 4.18. The lowest BCUT2D eigenvalue weighted by Crippen LogP contribution is -2.35. The summed E-state index contributed by atoms with van der Waals surface area (Å²) in [5.41, 5.74) is 7.83. The Bertz CT molecular complexity index is 698. The standard InChI is InChI=1S/C18H21Cl2N3O.HI/c1-12(16-8-7-14(19)10-17(16)20)23-18(21)22-11-15(24)9-13-5-3-2-4-6-13;/h2-8,10,12,15,24H,9,11H2,1H3,(H3,21,22,23);1H. The number of hydrogen-bond donors (Lipinski definition) is 3. The number of nitrogens with zero attached hydrogens (tertiary/aromatic N) is 1. The molecule has 2 atom stereocenters. The lowest BCUT2D eigenvalue weighted by Gasteiger charge is -2.17. The molecule has 0 heterocycles. The van der Waals surface area contributed by atoms with Gasteiger partial charge >= 0.3 is 0 Å². The first-order valence-corrected chi connectivity index (χ1v) is 8.44. The van der Waals surface area contributed by atoms with Crippen LogP contribution in [0.2, 0.25) is 10.0 Å². The molecule has 0 aromatic heterocycles. The average molecular weight is 494 g/mol. The molecule has 0 spiro atoms. The van der Waals surface area contributed by atoms with Gasteiger partial charge in [0.1, 0.15) is 0 Å². The minimum atomic E-state index is -0.581. The highest BCUT2D eigenvalue weighted by Gasteiger charge is 2.11. The number of hydrogen-bond acceptors (Lipinski definition) is 2. The Kier molecular flexibility index (Phi) is 9.56. The zero-order valence-electron chi connectivity index (χ0n) is 13.8. The van der Waals surface area contributed by atoms with Crippen molar-refractivity contribution in [1.82, 2.24) is 5.32 Å². The molecule has 136 valence electrons. The van der Waals surface area contributed by atoms with Gasteiger partial charge < -0.3 is 16.2 Å². The van der Waals surface area contributed by atoms with Crippen LogP contribution in [0.15, 0.2) is 53.5 Å². The maximum atomic E-state index is 10.1. The molecule has 0 radical (unpaired) electrons. The van der Waals surface area contributed by atoms with Gasteiger partial charge in [-0.3, -0.25) is 4.99 Å². The van der Waals surface area contributed by atoms with Crippen LogP contribution in [0, 0.1) is 0 Å². The average Bonchev–Trinajstić information content (AvgIpc) is 2.53. The van der Waals surface area contributed by atoms with Crippen LogP contribution in [0.4, 0.5) is 0 Å². The molecular formula is C18H22Cl2IN3O. The first-order chi connectivity index (χ1) is 11.5. The summed E-state index contributed by atoms with van der Waals surface area (Å²) in [7, 11) is 0. The Morgan fingerprint density at radius 1 is 1.20 bits per heavy atom. The molecule has 2 unspecified atom stereocenters. The zero-order valence-corrected chi connectivity index (χ0v) is 17.7. The third kappa shape index (κ3) is 7.40. The van der Waals surface area contributed by atoms with Crippen LogP contribution in [0.1, 0.15) is 24.1 Å². The molecule has 2 rings (SSSR count). The predicted molar refractivity (Wildman–Crippen MR) is 116 cm³/mol. The number of aliphatic hydroxyl groups is 1. The Labute approximate surface area is 175 Å². The molecule has 25 heavy (non-hydrogen) atoms. The highest BCUT2D eigenvalue weighted by Crippen LogP contribution is 2.25. The molecular weight excluding hydrogens is 472 g/mol. The van der Waals surface area contributed by atoms with Crippen molar-refractivity contribution in [3.63, 3.8) is 0 Å². The van der Waals surface area contributed by atoms with Crippen molar-refractivity contribution < 1.29 is 5.11 Å². The van der Waals surface area contributed by atoms with Crippen LogP contribution >= 0.6 is 47.2 Å². The van der Waals surface area contributed by atoms with E-state index >= 15 is 0 Å². The molecule has 0 aliphatic carbocycles. The highest BCUT2D eigenvalue weighted by molar-refractivity contribution is 14.0. The zero-order chi connectivity index (χ0) is 17.5. The van der Waals surface area contributed by atoms with Crippen LogP contribution < -0.4 is 11.1 Å². The van der Waals surface area contributed by atoms with E-state index in [0.29, 0.717) is 16.5 Å². The van der Waals surface area contributed by atoms with Crippen molar-refractivity contribution in [2.75, 3.05) is 6.54 Å². The van der Waals surface area contributed by atoms with Crippen molar-refractivity contribution in [2.24, 2.45) is 10.7 Å². The van der Waals surface area contributed by atoms with E-state index in [1.165, 1.54) is 0 Å². The van der Waals surface area contributed by atoms with Crippen molar-refractivity contribution in [1.29, 1.82) is 0 Å². The minimum Gasteiger partial charge on any atom is -0.391 e. The summed E-state index contributed by atoms with van der Waals surface area (Å²) in [6.45, 7) is 2.16. The number of halogens is 3. The van der Waals surface area contributed by atoms with E-state index in [1.54, 1.807) is 12.1 Å². The fourth-order valence-electron chi connectivity index (χ4n) is 2.35. The van der Waals surface area contributed by atoms with Crippen LogP contribution in [-0.4, -0.2) is 23.7 Å². The van der Waals surface area contributed by atoms with Gasteiger partial charge in [-0.2, -0.15) is 0 Å². The first kappa shape index (κ1) is 22.0. The topological polar surface area (TPSA) is 70.6 Å². The third-order valence-corrected chi connectivity index (χ3v) is 4.14. The number of benzene rings is 2. The largest absolute Gasteiger partial charge is 0.391 e. The SMILES string of the molecule is CC(NC(N)=NCC(O)Cc1ccccc1)c1ccc(Cl)cc1Cl.I. The van der Waals surface area contributed by atoms with Crippen molar-refractivity contribution in [3.05, 3.63) is 69.7 Å². The third-order valence-electron chi connectivity index (χ3n) is 3.58. The summed E-state index contributed by atoms with van der Waals surface area (Å²) < 4.78 is 0. The van der Waals surface area contributed by atoms with Gasteiger partial charge in [0.2, 0.25) is 0 Å². The number of aliphatic imine (C=N–C) groups is 1. The van der Waals surface area contributed by atoms with Gasteiger partial charge in [0, 0.05) is 16.5 Å². The van der Waals surface area contributed by atoms with Gasteiger partial charge in [-0.15, -0.1) is 24.0 Å². The molecule has 0 saturated heterocycles. The number of rotatable bonds is 6. The summed E-state index contributed by atoms with van der Waals surface area (Å²) in [6, 6.07) is 15.0. The Morgan fingerprint density at radius 2 is 1.88 bits per heavy atom. The summed E-state index contributed by atoms with van der Waals surface area (Å²) in [4.78, 5) is 4.20. The lowest BCUT2D eigenvalue weighted by atomic mass is 10.1. The molecule has 0 bridgehead atoms. The number of nitrogens with two attached hydrogens (primary N) is 1. The highest BCUT2D eigenvalue weighted by atomic mass is 127. The van der Waals surface area contributed by atoms with E-state index in [4.69, 9.17) is 28.9 Å². The van der Waals surface area contributed by atoms with Gasteiger partial charge in [-0.05, 0) is 30.2 Å². The number of nitrogens with one attached hydrogen (secondary N) is 1. The number of guanidine groups is 1. The van der Waals surface area contributed by atoms with Crippen molar-refractivity contribution in [3.8, 4) is 0 Å². The quantitative estimate of drug-likeness (QED) is 0.321. The molecule has 0 amide bonds. The van der Waals surface area contributed by atoms with Gasteiger partial charge in [-0.1, -0.05) is 59.6 Å². The molecule has 2 aromatic carbocycles. The van der Waals surface area contributed by atoms with Crippen molar-refractivity contribution in [2.45, 2.75) is 25.5 Å². The van der Waals surface area contributed by atoms with E-state index in [2.05, 4.69) is 10.3 Å². The van der Waals surface area contributed by atoms with Crippen LogP contribution in [0.5, 0.6) is 0 Å². The summed E-state index contributed by atoms with van der Waals surface area (Å²) in [5.74, 6) is 0.264. The molecule has 0 fully saturated rings. The van der Waals surface area contributed by atoms with Gasteiger partial charge in [0.15, 0.2) is 5.96 Å². The van der Waals surface area contributed by atoms with E-state index in [9.17, 15) is 5.11 Å². The second kappa shape index (κ2) is 10.9. The molecule has 4 N–H and O–H groups in total. The van der Waals surface area contributed by atoms with Gasteiger partial charge in [-0.25, -0.2) is 0 Å². The molecule has 0 saturated carbocycles. The van der Waals surface area contributed by atoms with Crippen molar-refractivity contribution >= 4 is 53.1 Å². The monoisotopic (exact) mass is 493 g/mol. The lowest BCUT2D eigenvalue weighted by molar-refractivity contribution is 0.184. The van der Waals surface area contributed by atoms with E-state index in [1.807, 2.05) is 43.3 Å². The molecule has 0 aliphatic rings. The second-order valence-corrected chi connectivity index (χ2v) is 6.44. The maximum absolute atomic E-state index is 10.1. The smallest absolute Gasteiger partial charge is 0.189 e. The molecule has 0 aliphatic heterocycles. The molecule has 2 aromatic rings. The first-order valence-electron chi connectivity index (χ1n) is 7.69. The summed E-state index contributed by atoms with van der Waals surface area (Å²) in [6.07, 6.45) is -0.0434. The number of aliphatic hydroxyl groups excluding tert-OH is 1. The second-order valence-electron chi connectivity index (χ2n) is 5.60. The fraction of sp³-hybridized carbons (Fsp3) is 0.278. The molecule has 4 nitrogen and oxygen atoms in total. The van der Waals surface area contributed by atoms with Crippen LogP contribution in [0.3, 0.4) is 0 Å². The Morgan fingerprint density at radius 3 is 2.52 bits per heavy atom. The minimum absolute atomic E-state index is 0. The van der Waals surface area contributed by atoms with E-state index in [0.717, 1.165) is 11.1 Å². The van der Waals surface area contributed by atoms with Gasteiger partial charge in [0.05, 0.1) is 18.7 Å². The van der Waals surface area contributed by atoms with Crippen LogP contribution in [-0.2, 0) is 6.42 Å². The summed E-state index contributed by atoms with van der Waals surface area (Å²) in [5, 5.41) is 14.3.